The molecule has 5 amide bonds. The van der Waals surface area contributed by atoms with Gasteiger partial charge in [0.05, 0.1) is 42.2 Å². The Balaban J connectivity index is 0.668. The van der Waals surface area contributed by atoms with Crippen LogP contribution < -0.4 is 10.1 Å². The van der Waals surface area contributed by atoms with E-state index in [0.717, 1.165) is 108 Å². The molecule has 3 aromatic carbocycles. The van der Waals surface area contributed by atoms with Gasteiger partial charge in [-0.15, -0.1) is 0 Å². The van der Waals surface area contributed by atoms with Gasteiger partial charge in [0.15, 0.2) is 5.82 Å². The summed E-state index contributed by atoms with van der Waals surface area (Å²) in [5.41, 5.74) is 8.34. The largest absolute Gasteiger partial charge is 0.493 e. The molecule has 5 aromatic rings. The minimum atomic E-state index is -1.01. The number of fused-ring (bicyclic) bond motifs is 2. The van der Waals surface area contributed by atoms with E-state index in [0.29, 0.717) is 43.3 Å². The number of pyridine rings is 1. The Labute approximate surface area is 407 Å². The molecule has 70 heavy (non-hydrogen) atoms. The Kier molecular flexibility index (Phi) is 14.6. The normalized spacial score (nSPS) is 17.2. The lowest BCUT2D eigenvalue weighted by atomic mass is 10.0. The van der Waals surface area contributed by atoms with Gasteiger partial charge in [-0.05, 0) is 104 Å². The summed E-state index contributed by atoms with van der Waals surface area (Å²) in [6.07, 6.45) is 14.8. The Bertz CT molecular complexity index is 2950. The van der Waals surface area contributed by atoms with Crippen LogP contribution in [0.25, 0.3) is 35.7 Å². The number of nitrogens with one attached hydrogen (secondary N) is 1. The third kappa shape index (κ3) is 10.7. The highest BCUT2D eigenvalue weighted by Gasteiger charge is 2.46. The van der Waals surface area contributed by atoms with Crippen molar-refractivity contribution < 1.29 is 28.7 Å². The van der Waals surface area contributed by atoms with Crippen LogP contribution in [0.15, 0.2) is 98.3 Å². The number of unbranched alkanes of at least 4 members (excludes halogenated alkanes) is 2. The maximum atomic E-state index is 13.6. The number of nitrogens with zero attached hydrogens (tertiary/aromatic N) is 7. The van der Waals surface area contributed by atoms with E-state index in [1.165, 1.54) is 0 Å². The van der Waals surface area contributed by atoms with Gasteiger partial charge in [-0.3, -0.25) is 44.1 Å². The van der Waals surface area contributed by atoms with Gasteiger partial charge in [0, 0.05) is 73.8 Å². The quantitative estimate of drug-likeness (QED) is 0.0509. The molecule has 6 heterocycles. The predicted molar refractivity (Wildman–Crippen MR) is 268 cm³/mol. The summed E-state index contributed by atoms with van der Waals surface area (Å²) in [5.74, 6) is 5.40. The summed E-state index contributed by atoms with van der Waals surface area (Å²) >= 11 is 0. The summed E-state index contributed by atoms with van der Waals surface area (Å²) in [7, 11) is 0. The van der Waals surface area contributed by atoms with Gasteiger partial charge < -0.3 is 14.5 Å². The van der Waals surface area contributed by atoms with Crippen molar-refractivity contribution in [2.24, 2.45) is 0 Å². The van der Waals surface area contributed by atoms with Crippen LogP contribution in [0.3, 0.4) is 0 Å². The van der Waals surface area contributed by atoms with E-state index in [2.05, 4.69) is 68.3 Å². The molecule has 354 valence electrons. The highest BCUT2D eigenvalue weighted by Crippen LogP contribution is 2.34. The van der Waals surface area contributed by atoms with E-state index in [1.54, 1.807) is 36.5 Å². The summed E-state index contributed by atoms with van der Waals surface area (Å²) in [5, 5.41) is 2.23. The van der Waals surface area contributed by atoms with E-state index < -0.39 is 29.7 Å². The fourth-order valence-electron chi connectivity index (χ4n) is 9.18. The van der Waals surface area contributed by atoms with Crippen LogP contribution in [-0.4, -0.2) is 123 Å². The van der Waals surface area contributed by atoms with Crippen molar-refractivity contribution >= 4 is 53.8 Å². The van der Waals surface area contributed by atoms with Crippen LogP contribution in [0.1, 0.15) is 102 Å². The smallest absolute Gasteiger partial charge is 0.266 e. The third-order valence-electron chi connectivity index (χ3n) is 13.2. The Morgan fingerprint density at radius 2 is 1.57 bits per heavy atom. The second-order valence-corrected chi connectivity index (χ2v) is 17.8. The van der Waals surface area contributed by atoms with Crippen molar-refractivity contribution in [1.82, 2.24) is 39.9 Å². The van der Waals surface area contributed by atoms with Crippen molar-refractivity contribution in [3.63, 3.8) is 0 Å². The summed E-state index contributed by atoms with van der Waals surface area (Å²) in [6.45, 7) is 14.7. The van der Waals surface area contributed by atoms with E-state index in [9.17, 15) is 24.0 Å². The zero-order valence-electron chi connectivity index (χ0n) is 39.1. The molecule has 1 N–H and O–H groups in total. The van der Waals surface area contributed by atoms with Crippen LogP contribution in [0.4, 0.5) is 0 Å². The SMILES string of the molecule is C=Cc1cc(-c2ncc3c(n2)CN(C(=O)c2ccc(/C=C/c4ccc(C#CCN5CCN(CCCCCOc6cccc7c6C(=O)N(C6CCC(=O)NC6=O)C7=O)CC5)cc4)cc2)CC3)cnc1C=C. The second-order valence-electron chi connectivity index (χ2n) is 17.8. The fraction of sp³-hybridized carbons (Fsp3) is 0.286. The number of amides is 5. The van der Waals surface area contributed by atoms with Gasteiger partial charge in [-0.2, -0.15) is 0 Å². The minimum Gasteiger partial charge on any atom is -0.493 e. The van der Waals surface area contributed by atoms with Crippen LogP contribution in [-0.2, 0) is 22.6 Å². The number of carbonyl (C=O) groups is 5. The lowest BCUT2D eigenvalue weighted by Gasteiger charge is -2.33. The molecule has 0 aliphatic carbocycles. The number of carbonyl (C=O) groups excluding carboxylic acids is 5. The first kappa shape index (κ1) is 47.2. The second kappa shape index (κ2) is 21.6. The summed E-state index contributed by atoms with van der Waals surface area (Å²) in [6, 6.07) is 21.8. The first-order chi connectivity index (χ1) is 34.1. The highest BCUT2D eigenvalue weighted by atomic mass is 16.5. The number of imide groups is 2. The van der Waals surface area contributed by atoms with Gasteiger partial charge >= 0.3 is 0 Å². The van der Waals surface area contributed by atoms with Gasteiger partial charge in [0.2, 0.25) is 11.8 Å². The maximum absolute atomic E-state index is 13.6. The van der Waals surface area contributed by atoms with Crippen LogP contribution in [0.5, 0.6) is 5.75 Å². The fourth-order valence-corrected chi connectivity index (χ4v) is 9.18. The van der Waals surface area contributed by atoms with Gasteiger partial charge in [0.25, 0.3) is 17.7 Å². The zero-order valence-corrected chi connectivity index (χ0v) is 39.1. The molecule has 2 fully saturated rings. The molecule has 4 aliphatic heterocycles. The van der Waals surface area contributed by atoms with E-state index in [4.69, 9.17) is 9.72 Å². The number of hydrogen-bond acceptors (Lipinski definition) is 11. The number of aromatic nitrogens is 3. The number of benzene rings is 3. The van der Waals surface area contributed by atoms with Gasteiger partial charge in [0.1, 0.15) is 11.8 Å². The van der Waals surface area contributed by atoms with Crippen LogP contribution in [0.2, 0.25) is 0 Å². The standard InChI is InChI=1S/C56H54N8O6/c1-3-41-34-44(36-57-46(41)4-2)52-58-35-43-25-28-63(37-47(43)59-52)54(67)42-21-19-40(20-22-42)18-17-39-15-13-38(14-16-39)10-9-27-62-31-29-61(30-32-62)26-6-5-7-33-70-49-12-8-11-45-51(49)56(69)64(55(45)68)48-23-24-50(65)60-53(48)66/h3-4,8,11-22,34-36,48H,1-2,5-7,23-33,37H2,(H,60,65,66)/b18-17+. The minimum absolute atomic E-state index is 0.0290. The molecule has 0 radical (unpaired) electrons. The molecule has 0 spiro atoms. The summed E-state index contributed by atoms with van der Waals surface area (Å²) in [4.78, 5) is 85.6. The molecule has 14 nitrogen and oxygen atoms in total. The van der Waals surface area contributed by atoms with E-state index in [1.807, 2.05) is 59.6 Å². The monoisotopic (exact) mass is 934 g/mol. The molecule has 1 unspecified atom stereocenters. The van der Waals surface area contributed by atoms with Crippen LogP contribution in [0, 0.1) is 11.8 Å². The van der Waals surface area contributed by atoms with Gasteiger partial charge in [-0.25, -0.2) is 9.97 Å². The highest BCUT2D eigenvalue weighted by molar-refractivity contribution is 6.24. The van der Waals surface area contributed by atoms with Crippen molar-refractivity contribution in [3.8, 4) is 29.0 Å². The average molecular weight is 935 g/mol. The zero-order chi connectivity index (χ0) is 48.6. The van der Waals surface area contributed by atoms with Crippen molar-refractivity contribution in [2.75, 3.05) is 52.4 Å². The molecular weight excluding hydrogens is 881 g/mol. The number of piperazine rings is 1. The van der Waals surface area contributed by atoms with Crippen molar-refractivity contribution in [1.29, 1.82) is 0 Å². The molecule has 9 rings (SSSR count). The average Bonchev–Trinajstić information content (AvgIpc) is 3.65. The first-order valence-corrected chi connectivity index (χ1v) is 23.8. The molecule has 2 aromatic heterocycles. The Morgan fingerprint density at radius 1 is 0.814 bits per heavy atom. The maximum Gasteiger partial charge on any atom is 0.266 e. The van der Waals surface area contributed by atoms with Crippen molar-refractivity contribution in [3.05, 3.63) is 154 Å². The predicted octanol–water partition coefficient (Wildman–Crippen LogP) is 6.81. The number of hydrogen-bond donors (Lipinski definition) is 1. The first-order valence-electron chi connectivity index (χ1n) is 23.8. The van der Waals surface area contributed by atoms with Crippen molar-refractivity contribution in [2.45, 2.75) is 51.1 Å². The lowest BCUT2D eigenvalue weighted by Crippen LogP contribution is -2.54. The molecule has 4 aliphatic rings. The molecular formula is C56H54N8O6. The summed E-state index contributed by atoms with van der Waals surface area (Å²) < 4.78 is 6.00. The van der Waals surface area contributed by atoms with Gasteiger partial charge in [-0.1, -0.05) is 73.6 Å². The van der Waals surface area contributed by atoms with E-state index in [-0.39, 0.29) is 29.9 Å². The number of piperidine rings is 1. The van der Waals surface area contributed by atoms with E-state index >= 15 is 0 Å². The Morgan fingerprint density at radius 3 is 2.31 bits per heavy atom. The third-order valence-corrected chi connectivity index (χ3v) is 13.2. The molecule has 2 saturated heterocycles. The number of rotatable bonds is 15. The molecule has 0 saturated carbocycles. The lowest BCUT2D eigenvalue weighted by molar-refractivity contribution is -0.136. The topological polar surface area (TPSA) is 158 Å². The molecule has 1 atom stereocenters. The Hall–Kier alpha value is -7.86. The molecule has 14 heteroatoms. The van der Waals surface area contributed by atoms with Crippen LogP contribution >= 0.6 is 0 Å². The number of ether oxygens (including phenoxy) is 1. The molecule has 0 bridgehead atoms.